The molecular weight excluding hydrogens is 274 g/mol. The lowest BCUT2D eigenvalue weighted by Gasteiger charge is -2.18. The van der Waals surface area contributed by atoms with Crippen molar-refractivity contribution >= 4 is 19.9 Å². The van der Waals surface area contributed by atoms with E-state index in [1.165, 1.54) is 0 Å². The first kappa shape index (κ1) is 19.7. The third kappa shape index (κ3) is 10.5. The Morgan fingerprint density at radius 3 is 1.44 bits per heavy atom. The summed E-state index contributed by atoms with van der Waals surface area (Å²) in [6, 6.07) is 0. The van der Waals surface area contributed by atoms with Gasteiger partial charge in [-0.15, -0.1) is 0 Å². The molecule has 0 fully saturated rings. The highest BCUT2D eigenvalue weighted by Gasteiger charge is 2.16. The summed E-state index contributed by atoms with van der Waals surface area (Å²) in [5.41, 5.74) is -0.424. The van der Waals surface area contributed by atoms with Gasteiger partial charge < -0.3 is 0 Å². The van der Waals surface area contributed by atoms with Crippen LogP contribution in [0, 0.1) is 0 Å². The molecule has 0 bridgehead atoms. The molecule has 18 heavy (non-hydrogen) atoms. The number of sulfone groups is 1. The van der Waals surface area contributed by atoms with E-state index in [4.69, 9.17) is 0 Å². The number of rotatable bonds is 4. The van der Waals surface area contributed by atoms with Crippen LogP contribution in [0.1, 0.15) is 34.6 Å². The van der Waals surface area contributed by atoms with Crippen LogP contribution in [0.15, 0.2) is 24.0 Å². The summed E-state index contributed by atoms with van der Waals surface area (Å²) < 4.78 is 45.1. The third-order valence-electron chi connectivity index (χ3n) is 1.56. The van der Waals surface area contributed by atoms with Crippen molar-refractivity contribution < 1.29 is 16.8 Å². The Bertz CT molecular complexity index is 468. The van der Waals surface area contributed by atoms with Gasteiger partial charge in [0, 0.05) is 16.4 Å². The van der Waals surface area contributed by atoms with Crippen LogP contribution in [0.5, 0.6) is 0 Å². The zero-order valence-electron chi connectivity index (χ0n) is 11.6. The number of hydrogen-bond acceptors (Lipinski definition) is 4. The summed E-state index contributed by atoms with van der Waals surface area (Å²) in [4.78, 5) is 0. The molecule has 0 saturated carbocycles. The van der Waals surface area contributed by atoms with Crippen molar-refractivity contribution in [3.05, 3.63) is 24.0 Å². The van der Waals surface area contributed by atoms with Crippen molar-refractivity contribution in [2.24, 2.45) is 0 Å². The fourth-order valence-corrected chi connectivity index (χ4v) is 1.98. The first-order valence-electron chi connectivity index (χ1n) is 5.30. The molecule has 5 nitrogen and oxygen atoms in total. The van der Waals surface area contributed by atoms with Crippen molar-refractivity contribution in [3.63, 3.8) is 0 Å². The standard InChI is InChI=1S/C6H13NO2S.C5H10O2S/c1-5-10(8,9)7-6(2,3)4;1-4-8(6,7)5(2)3/h5,7H,1H2,2-4H3;4-5H,1H2,2-3H3. The van der Waals surface area contributed by atoms with Crippen LogP contribution < -0.4 is 4.72 Å². The van der Waals surface area contributed by atoms with E-state index in [1.807, 2.05) is 0 Å². The lowest BCUT2D eigenvalue weighted by molar-refractivity contribution is 0.496. The second-order valence-electron chi connectivity index (χ2n) is 4.87. The molecule has 0 aromatic heterocycles. The fourth-order valence-electron chi connectivity index (χ4n) is 0.661. The van der Waals surface area contributed by atoms with E-state index in [0.29, 0.717) is 0 Å². The van der Waals surface area contributed by atoms with Crippen LogP contribution in [0.25, 0.3) is 0 Å². The van der Waals surface area contributed by atoms with Crippen LogP contribution in [0.3, 0.4) is 0 Å². The molecule has 108 valence electrons. The SMILES string of the molecule is C=CS(=O)(=O)C(C)C.C=CS(=O)(=O)NC(C)(C)C. The van der Waals surface area contributed by atoms with Crippen molar-refractivity contribution in [3.8, 4) is 0 Å². The van der Waals surface area contributed by atoms with Gasteiger partial charge in [0.1, 0.15) is 0 Å². The first-order valence-corrected chi connectivity index (χ1v) is 8.45. The van der Waals surface area contributed by atoms with Crippen LogP contribution in [0.2, 0.25) is 0 Å². The van der Waals surface area contributed by atoms with Crippen molar-refractivity contribution in [2.45, 2.75) is 45.4 Å². The molecule has 7 heteroatoms. The Balaban J connectivity index is 0. The van der Waals surface area contributed by atoms with Gasteiger partial charge in [-0.1, -0.05) is 13.2 Å². The van der Waals surface area contributed by atoms with E-state index < -0.39 is 25.4 Å². The molecule has 0 amide bonds. The Morgan fingerprint density at radius 1 is 1.00 bits per heavy atom. The van der Waals surface area contributed by atoms with Crippen LogP contribution in [-0.4, -0.2) is 27.6 Å². The van der Waals surface area contributed by atoms with Crippen molar-refractivity contribution in [2.75, 3.05) is 0 Å². The smallest absolute Gasteiger partial charge is 0.224 e. The highest BCUT2D eigenvalue weighted by Crippen LogP contribution is 2.01. The van der Waals surface area contributed by atoms with E-state index in [-0.39, 0.29) is 5.25 Å². The van der Waals surface area contributed by atoms with Gasteiger partial charge in [0.05, 0.1) is 5.25 Å². The van der Waals surface area contributed by atoms with E-state index in [1.54, 1.807) is 34.6 Å². The third-order valence-corrected chi connectivity index (χ3v) is 4.67. The highest BCUT2D eigenvalue weighted by atomic mass is 32.2. The van der Waals surface area contributed by atoms with E-state index in [0.717, 1.165) is 10.8 Å². The second kappa shape index (κ2) is 7.06. The minimum absolute atomic E-state index is 0.333. The Labute approximate surface area is 111 Å². The predicted molar refractivity (Wildman–Crippen MR) is 76.3 cm³/mol. The summed E-state index contributed by atoms with van der Waals surface area (Å²) in [5.74, 6) is 0. The topological polar surface area (TPSA) is 80.3 Å². The van der Waals surface area contributed by atoms with Gasteiger partial charge in [-0.3, -0.25) is 0 Å². The Kier molecular flexibility index (Phi) is 7.71. The van der Waals surface area contributed by atoms with Gasteiger partial charge in [0.15, 0.2) is 9.84 Å². The highest BCUT2D eigenvalue weighted by molar-refractivity contribution is 7.94. The number of hydrogen-bond donors (Lipinski definition) is 1. The zero-order valence-corrected chi connectivity index (χ0v) is 13.2. The average molecular weight is 297 g/mol. The molecule has 0 unspecified atom stereocenters. The van der Waals surface area contributed by atoms with Crippen molar-refractivity contribution in [1.82, 2.24) is 4.72 Å². The largest absolute Gasteiger partial charge is 0.233 e. The summed E-state index contributed by atoms with van der Waals surface area (Å²) in [5, 5.41) is 1.55. The minimum Gasteiger partial charge on any atom is -0.224 e. The summed E-state index contributed by atoms with van der Waals surface area (Å²) in [7, 11) is -6.24. The van der Waals surface area contributed by atoms with Crippen LogP contribution >= 0.6 is 0 Å². The molecule has 0 rings (SSSR count). The maximum absolute atomic E-state index is 10.8. The van der Waals surface area contributed by atoms with Gasteiger partial charge in [-0.25, -0.2) is 21.6 Å². The monoisotopic (exact) mass is 297 g/mol. The van der Waals surface area contributed by atoms with E-state index >= 15 is 0 Å². The van der Waals surface area contributed by atoms with Crippen LogP contribution in [-0.2, 0) is 19.9 Å². The molecule has 1 N–H and O–H groups in total. The first-order chi connectivity index (χ1) is 7.77. The maximum Gasteiger partial charge on any atom is 0.233 e. The second-order valence-corrected chi connectivity index (χ2v) is 8.95. The molecular formula is C11H23NO4S2. The Morgan fingerprint density at radius 2 is 1.39 bits per heavy atom. The van der Waals surface area contributed by atoms with Crippen LogP contribution in [0.4, 0.5) is 0 Å². The molecule has 0 spiro atoms. The molecule has 0 aliphatic rings. The average Bonchev–Trinajstić information content (AvgIpc) is 2.15. The van der Waals surface area contributed by atoms with Gasteiger partial charge in [0.25, 0.3) is 0 Å². The van der Waals surface area contributed by atoms with Gasteiger partial charge in [0.2, 0.25) is 10.0 Å². The summed E-state index contributed by atoms with van der Waals surface area (Å²) in [6.45, 7) is 14.9. The van der Waals surface area contributed by atoms with E-state index in [9.17, 15) is 16.8 Å². The summed E-state index contributed by atoms with van der Waals surface area (Å²) >= 11 is 0. The molecule has 0 saturated heterocycles. The lowest BCUT2D eigenvalue weighted by atomic mass is 10.1. The van der Waals surface area contributed by atoms with Gasteiger partial charge >= 0.3 is 0 Å². The summed E-state index contributed by atoms with van der Waals surface area (Å²) in [6.07, 6.45) is 0. The van der Waals surface area contributed by atoms with E-state index in [2.05, 4.69) is 17.9 Å². The normalized spacial score (nSPS) is 12.6. The molecule has 0 aliphatic carbocycles. The molecule has 0 aromatic rings. The quantitative estimate of drug-likeness (QED) is 0.858. The zero-order chi connectivity index (χ0) is 15.2. The molecule has 0 heterocycles. The predicted octanol–water partition coefficient (Wildman–Crippen LogP) is 1.80. The fraction of sp³-hybridized carbons (Fsp3) is 0.636. The maximum atomic E-state index is 10.8. The minimum atomic E-state index is -3.26. The van der Waals surface area contributed by atoms with Gasteiger partial charge in [-0.05, 0) is 34.6 Å². The molecule has 0 aromatic carbocycles. The molecule has 0 atom stereocenters. The Hall–Kier alpha value is -0.660. The molecule has 0 aliphatic heterocycles. The lowest BCUT2D eigenvalue weighted by Crippen LogP contribution is -2.39. The number of sulfonamides is 1. The van der Waals surface area contributed by atoms with Crippen molar-refractivity contribution in [1.29, 1.82) is 0 Å². The molecule has 0 radical (unpaired) electrons. The van der Waals surface area contributed by atoms with Gasteiger partial charge in [-0.2, -0.15) is 0 Å². The number of nitrogens with one attached hydrogen (secondary N) is 1.